The van der Waals surface area contributed by atoms with E-state index in [0.29, 0.717) is 38.5 Å². The molecule has 8 aliphatic rings. The van der Waals surface area contributed by atoms with Crippen LogP contribution in [0.3, 0.4) is 0 Å². The summed E-state index contributed by atoms with van der Waals surface area (Å²) in [5.74, 6) is -0.653. The van der Waals surface area contributed by atoms with Gasteiger partial charge in [-0.2, -0.15) is 0 Å². The second-order valence-electron chi connectivity index (χ2n) is 17.4. The number of Topliss-reactive ketones (excluding diaryl/α,β-unsaturated/α-hetero) is 1. The quantitative estimate of drug-likeness (QED) is 0.391. The highest BCUT2D eigenvalue weighted by Crippen LogP contribution is 2.50. The molecule has 12 nitrogen and oxygen atoms in total. The molecular formula is C41H63NO11. The maximum absolute atomic E-state index is 14.1. The summed E-state index contributed by atoms with van der Waals surface area (Å²) in [4.78, 5) is 14.1. The Hall–Kier alpha value is -1.29. The Morgan fingerprint density at radius 3 is 2.40 bits per heavy atom. The standard InChI is InChI=1S/C41H63NO11/c1-21-12-26-6-8-30-22(2)13-28(47-30)10-11-41-19-37(45-4)40(53-41)35-18-36(52-41)39-31(50-35)9-7-27(49-39)14-24(43)15-29-33(17-32(48-26)23(21)3)51-34(38(29)46-5)16-25(44)20-42/h21,25-40,44H,2-3,6-20,42H2,1,4-5H3/t21-,25?,26+,27?,28?,29?,30+,31?,32-,33?,34-,35-,36?,37?,38-,39+,40?,41-/m1/s1. The highest BCUT2D eigenvalue weighted by molar-refractivity contribution is 5.79. The molecule has 0 saturated carbocycles. The van der Waals surface area contributed by atoms with Crippen LogP contribution in [0.4, 0.5) is 0 Å². The molecule has 8 heterocycles. The van der Waals surface area contributed by atoms with E-state index in [4.69, 9.17) is 48.4 Å². The van der Waals surface area contributed by atoms with Crippen LogP contribution in [0, 0.1) is 11.8 Å². The van der Waals surface area contributed by atoms with E-state index >= 15 is 0 Å². The number of methoxy groups -OCH3 is 2. The van der Waals surface area contributed by atoms with Crippen LogP contribution in [0.5, 0.6) is 0 Å². The molecular weight excluding hydrogens is 682 g/mol. The molecule has 0 aromatic carbocycles. The molecule has 0 aromatic heterocycles. The minimum Gasteiger partial charge on any atom is -0.392 e. The largest absolute Gasteiger partial charge is 0.392 e. The van der Waals surface area contributed by atoms with Crippen molar-refractivity contribution < 1.29 is 52.5 Å². The number of ketones is 1. The molecule has 0 amide bonds. The predicted octanol–water partition coefficient (Wildman–Crippen LogP) is 4.08. The molecule has 298 valence electrons. The minimum absolute atomic E-state index is 0.0245. The van der Waals surface area contributed by atoms with Crippen molar-refractivity contribution in [2.45, 2.75) is 194 Å². The minimum atomic E-state index is -0.820. The lowest BCUT2D eigenvalue weighted by Crippen LogP contribution is -2.58. The summed E-state index contributed by atoms with van der Waals surface area (Å²) in [6.07, 6.45) is 5.80. The number of ether oxygens (including phenoxy) is 9. The number of nitrogens with two attached hydrogens (primary N) is 1. The number of hydrogen-bond donors (Lipinski definition) is 2. The third kappa shape index (κ3) is 7.86. The Balaban J connectivity index is 1.06. The summed E-state index contributed by atoms with van der Waals surface area (Å²) in [5.41, 5.74) is 8.01. The fraction of sp³-hybridized carbons (Fsp3) is 0.878. The Kier molecular flexibility index (Phi) is 11.6. The van der Waals surface area contributed by atoms with E-state index in [1.54, 1.807) is 14.2 Å². The van der Waals surface area contributed by atoms with Crippen LogP contribution >= 0.6 is 0 Å². The second kappa shape index (κ2) is 15.9. The zero-order valence-electron chi connectivity index (χ0n) is 31.9. The van der Waals surface area contributed by atoms with Crippen molar-refractivity contribution >= 4 is 5.78 Å². The van der Waals surface area contributed by atoms with Crippen molar-refractivity contribution in [3.05, 3.63) is 24.3 Å². The molecule has 0 aliphatic carbocycles. The first-order chi connectivity index (χ1) is 25.5. The lowest BCUT2D eigenvalue weighted by molar-refractivity contribution is -0.277. The smallest absolute Gasteiger partial charge is 0.172 e. The van der Waals surface area contributed by atoms with E-state index in [1.807, 2.05) is 0 Å². The first-order valence-electron chi connectivity index (χ1n) is 20.5. The van der Waals surface area contributed by atoms with Gasteiger partial charge in [0.25, 0.3) is 0 Å². The van der Waals surface area contributed by atoms with Crippen molar-refractivity contribution in [3.8, 4) is 0 Å². The van der Waals surface area contributed by atoms with Crippen LogP contribution in [0.15, 0.2) is 24.3 Å². The molecule has 8 fully saturated rings. The van der Waals surface area contributed by atoms with E-state index in [-0.39, 0.29) is 110 Å². The lowest BCUT2D eigenvalue weighted by Gasteiger charge is -2.47. The third-order valence-electron chi connectivity index (χ3n) is 13.9. The Morgan fingerprint density at radius 1 is 0.811 bits per heavy atom. The average Bonchev–Trinajstić information content (AvgIpc) is 3.77. The van der Waals surface area contributed by atoms with Gasteiger partial charge in [0.15, 0.2) is 5.79 Å². The molecule has 0 radical (unpaired) electrons. The fourth-order valence-corrected chi connectivity index (χ4v) is 11.0. The molecule has 8 rings (SSSR count). The molecule has 10 bridgehead atoms. The summed E-state index contributed by atoms with van der Waals surface area (Å²) < 4.78 is 59.5. The van der Waals surface area contributed by atoms with Crippen LogP contribution in [-0.2, 0) is 47.4 Å². The Labute approximate surface area is 314 Å². The molecule has 8 aliphatic heterocycles. The van der Waals surface area contributed by atoms with Crippen LogP contribution in [0.25, 0.3) is 0 Å². The van der Waals surface area contributed by atoms with Crippen LogP contribution < -0.4 is 5.73 Å². The van der Waals surface area contributed by atoms with E-state index in [2.05, 4.69) is 20.1 Å². The van der Waals surface area contributed by atoms with E-state index < -0.39 is 18.0 Å². The first kappa shape index (κ1) is 38.6. The van der Waals surface area contributed by atoms with Gasteiger partial charge in [-0.15, -0.1) is 0 Å². The predicted molar refractivity (Wildman–Crippen MR) is 193 cm³/mol. The van der Waals surface area contributed by atoms with Gasteiger partial charge < -0.3 is 53.5 Å². The lowest BCUT2D eigenvalue weighted by atomic mass is 9.81. The number of fused-ring (bicyclic) bond motifs is 9. The van der Waals surface area contributed by atoms with Gasteiger partial charge >= 0.3 is 0 Å². The van der Waals surface area contributed by atoms with Crippen molar-refractivity contribution in [1.82, 2.24) is 0 Å². The first-order valence-corrected chi connectivity index (χ1v) is 20.5. The molecule has 1 spiro atoms. The van der Waals surface area contributed by atoms with Gasteiger partial charge in [-0.3, -0.25) is 4.79 Å². The van der Waals surface area contributed by atoms with Gasteiger partial charge in [0, 0.05) is 71.6 Å². The van der Waals surface area contributed by atoms with E-state index in [9.17, 15) is 9.90 Å². The number of aliphatic hydroxyl groups excluding tert-OH is 1. The molecule has 0 aromatic rings. The molecule has 18 atom stereocenters. The van der Waals surface area contributed by atoms with Crippen LogP contribution in [-0.4, -0.2) is 129 Å². The number of rotatable bonds is 5. The summed E-state index contributed by atoms with van der Waals surface area (Å²) in [6, 6.07) is 0. The van der Waals surface area contributed by atoms with E-state index in [0.717, 1.165) is 56.1 Å². The summed E-state index contributed by atoms with van der Waals surface area (Å²) in [7, 11) is 3.40. The molecule has 3 N–H and O–H groups in total. The summed E-state index contributed by atoms with van der Waals surface area (Å²) in [6.45, 7) is 11.3. The van der Waals surface area contributed by atoms with Crippen LogP contribution in [0.2, 0.25) is 0 Å². The van der Waals surface area contributed by atoms with Gasteiger partial charge in [0.1, 0.15) is 18.0 Å². The number of hydrogen-bond acceptors (Lipinski definition) is 12. The van der Waals surface area contributed by atoms with Gasteiger partial charge in [0.05, 0.1) is 79.4 Å². The molecule has 8 saturated heterocycles. The number of carbonyl (C=O) groups is 1. The normalized spacial score (nSPS) is 49.6. The topological polar surface area (TPSA) is 146 Å². The second-order valence-corrected chi connectivity index (χ2v) is 17.4. The summed E-state index contributed by atoms with van der Waals surface area (Å²) in [5, 5.41) is 10.5. The van der Waals surface area contributed by atoms with Crippen molar-refractivity contribution in [2.24, 2.45) is 17.6 Å². The monoisotopic (exact) mass is 745 g/mol. The van der Waals surface area contributed by atoms with Gasteiger partial charge in [-0.1, -0.05) is 20.1 Å². The van der Waals surface area contributed by atoms with E-state index in [1.165, 1.54) is 0 Å². The third-order valence-corrected chi connectivity index (χ3v) is 13.9. The van der Waals surface area contributed by atoms with Gasteiger partial charge in [-0.25, -0.2) is 0 Å². The van der Waals surface area contributed by atoms with Gasteiger partial charge in [-0.05, 0) is 62.0 Å². The van der Waals surface area contributed by atoms with Crippen LogP contribution in [0.1, 0.15) is 96.8 Å². The maximum atomic E-state index is 14.1. The highest BCUT2D eigenvalue weighted by Gasteiger charge is 2.60. The fourth-order valence-electron chi connectivity index (χ4n) is 11.0. The van der Waals surface area contributed by atoms with Crippen molar-refractivity contribution in [3.63, 3.8) is 0 Å². The van der Waals surface area contributed by atoms with Crippen molar-refractivity contribution in [1.29, 1.82) is 0 Å². The molecule has 12 heteroatoms. The van der Waals surface area contributed by atoms with Crippen molar-refractivity contribution in [2.75, 3.05) is 20.8 Å². The Morgan fingerprint density at radius 2 is 1.60 bits per heavy atom. The molecule has 53 heavy (non-hydrogen) atoms. The average molecular weight is 746 g/mol. The summed E-state index contributed by atoms with van der Waals surface area (Å²) >= 11 is 0. The number of carbonyl (C=O) groups excluding carboxylic acids is 1. The zero-order chi connectivity index (χ0) is 37.0. The van der Waals surface area contributed by atoms with Gasteiger partial charge in [0.2, 0.25) is 0 Å². The highest BCUT2D eigenvalue weighted by atomic mass is 16.7. The zero-order valence-corrected chi connectivity index (χ0v) is 31.9. The molecule has 9 unspecified atom stereocenters. The SMILES string of the molecule is C=C1CC2CC[C@]34CC(OC)C(O3)[C@H]3CC(O4)[C@H]4OC(CCC4O3)CC(=O)CC3C(C[C@H]4O[C@@H](CC[C@@H]1O2)C[C@@H](C)C4=C)O[C@H](CC(O)CN)[C@@H]3OC. The Bertz CT molecular complexity index is 1350. The number of aliphatic hydroxyl groups is 1. The maximum Gasteiger partial charge on any atom is 0.172 e.